The Morgan fingerprint density at radius 3 is 2.67 bits per heavy atom. The zero-order valence-corrected chi connectivity index (χ0v) is 12.3. The van der Waals surface area contributed by atoms with Crippen LogP contribution in [-0.2, 0) is 11.3 Å². The first-order valence-corrected chi connectivity index (χ1v) is 6.48. The standard InChI is InChI=1S/C14H22ClNO2/c1-14(2,17-4)8-9-18-13-7-5-6-12(15)11(13)10-16-3/h5-7,16H,8-10H2,1-4H3. The zero-order valence-electron chi connectivity index (χ0n) is 11.5. The molecular weight excluding hydrogens is 250 g/mol. The summed E-state index contributed by atoms with van der Waals surface area (Å²) in [5.41, 5.74) is 0.832. The largest absolute Gasteiger partial charge is 0.493 e. The molecule has 1 aromatic rings. The molecule has 1 rings (SSSR count). The summed E-state index contributed by atoms with van der Waals surface area (Å²) >= 11 is 6.16. The highest BCUT2D eigenvalue weighted by atomic mass is 35.5. The predicted molar refractivity (Wildman–Crippen MR) is 75.4 cm³/mol. The van der Waals surface area contributed by atoms with Crippen LogP contribution in [0.5, 0.6) is 5.75 Å². The van der Waals surface area contributed by atoms with Crippen molar-refractivity contribution in [2.75, 3.05) is 20.8 Å². The van der Waals surface area contributed by atoms with Crippen LogP contribution in [0.15, 0.2) is 18.2 Å². The Hall–Kier alpha value is -0.770. The predicted octanol–water partition coefficient (Wildman–Crippen LogP) is 3.25. The summed E-state index contributed by atoms with van der Waals surface area (Å²) in [6.45, 7) is 5.40. The van der Waals surface area contributed by atoms with Crippen LogP contribution < -0.4 is 10.1 Å². The molecule has 0 saturated carbocycles. The van der Waals surface area contributed by atoms with Gasteiger partial charge in [-0.15, -0.1) is 0 Å². The van der Waals surface area contributed by atoms with E-state index in [-0.39, 0.29) is 5.60 Å². The summed E-state index contributed by atoms with van der Waals surface area (Å²) in [7, 11) is 3.60. The second-order valence-corrected chi connectivity index (χ2v) is 5.22. The van der Waals surface area contributed by atoms with Crippen molar-refractivity contribution in [3.05, 3.63) is 28.8 Å². The fraction of sp³-hybridized carbons (Fsp3) is 0.571. The van der Waals surface area contributed by atoms with Gasteiger partial charge in [0.1, 0.15) is 5.75 Å². The van der Waals surface area contributed by atoms with Crippen LogP contribution in [0.2, 0.25) is 5.02 Å². The van der Waals surface area contributed by atoms with Crippen molar-refractivity contribution in [2.45, 2.75) is 32.4 Å². The van der Waals surface area contributed by atoms with Crippen LogP contribution in [0.3, 0.4) is 0 Å². The lowest BCUT2D eigenvalue weighted by Crippen LogP contribution is -2.25. The van der Waals surface area contributed by atoms with Gasteiger partial charge in [-0.2, -0.15) is 0 Å². The van der Waals surface area contributed by atoms with Gasteiger partial charge in [0.05, 0.1) is 12.2 Å². The zero-order chi connectivity index (χ0) is 13.6. The van der Waals surface area contributed by atoms with Gasteiger partial charge in [-0.1, -0.05) is 17.7 Å². The fourth-order valence-corrected chi connectivity index (χ4v) is 1.76. The molecule has 4 heteroatoms. The molecule has 0 aromatic heterocycles. The number of halogens is 1. The van der Waals surface area contributed by atoms with E-state index in [1.807, 2.05) is 39.1 Å². The second kappa shape index (κ2) is 6.98. The third-order valence-electron chi connectivity index (χ3n) is 2.94. The van der Waals surface area contributed by atoms with Crippen LogP contribution in [0, 0.1) is 0 Å². The highest BCUT2D eigenvalue weighted by Gasteiger charge is 2.16. The molecule has 0 atom stereocenters. The first-order valence-electron chi connectivity index (χ1n) is 6.10. The summed E-state index contributed by atoms with van der Waals surface area (Å²) in [4.78, 5) is 0. The molecule has 0 unspecified atom stereocenters. The highest BCUT2D eigenvalue weighted by molar-refractivity contribution is 6.31. The summed E-state index contributed by atoms with van der Waals surface area (Å²) in [6.07, 6.45) is 0.828. The van der Waals surface area contributed by atoms with Crippen molar-refractivity contribution in [1.82, 2.24) is 5.32 Å². The molecule has 1 aromatic carbocycles. The maximum Gasteiger partial charge on any atom is 0.125 e. The van der Waals surface area contributed by atoms with E-state index in [1.54, 1.807) is 7.11 Å². The summed E-state index contributed by atoms with van der Waals surface area (Å²) in [5, 5.41) is 3.82. The van der Waals surface area contributed by atoms with E-state index in [9.17, 15) is 0 Å². The average molecular weight is 272 g/mol. The average Bonchev–Trinajstić information content (AvgIpc) is 2.33. The van der Waals surface area contributed by atoms with Crippen LogP contribution in [0.4, 0.5) is 0 Å². The molecule has 1 N–H and O–H groups in total. The molecule has 0 bridgehead atoms. The van der Waals surface area contributed by atoms with Crippen molar-refractivity contribution in [3.63, 3.8) is 0 Å². The SMILES string of the molecule is CNCc1c(Cl)cccc1OCCC(C)(C)OC. The van der Waals surface area contributed by atoms with Gasteiger partial charge in [-0.25, -0.2) is 0 Å². The number of nitrogens with one attached hydrogen (secondary N) is 1. The Labute approximate surface area is 114 Å². The Bertz CT molecular complexity index is 380. The minimum Gasteiger partial charge on any atom is -0.493 e. The normalized spacial score (nSPS) is 11.6. The fourth-order valence-electron chi connectivity index (χ4n) is 1.53. The van der Waals surface area contributed by atoms with Crippen LogP contribution in [-0.4, -0.2) is 26.4 Å². The molecule has 0 spiro atoms. The van der Waals surface area contributed by atoms with Crippen molar-refractivity contribution >= 4 is 11.6 Å². The van der Waals surface area contributed by atoms with Gasteiger partial charge in [0.25, 0.3) is 0 Å². The van der Waals surface area contributed by atoms with E-state index in [2.05, 4.69) is 5.32 Å². The third kappa shape index (κ3) is 4.48. The van der Waals surface area contributed by atoms with Gasteiger partial charge >= 0.3 is 0 Å². The Balaban J connectivity index is 2.64. The lowest BCUT2D eigenvalue weighted by molar-refractivity contribution is 0.00537. The maximum atomic E-state index is 6.16. The molecule has 0 fully saturated rings. The molecule has 0 saturated heterocycles. The molecule has 18 heavy (non-hydrogen) atoms. The van der Waals surface area contributed by atoms with Crippen LogP contribution in [0.1, 0.15) is 25.8 Å². The minimum atomic E-state index is -0.165. The lowest BCUT2D eigenvalue weighted by atomic mass is 10.1. The highest BCUT2D eigenvalue weighted by Crippen LogP contribution is 2.27. The van der Waals surface area contributed by atoms with Crippen LogP contribution in [0.25, 0.3) is 0 Å². The van der Waals surface area contributed by atoms with Gasteiger partial charge in [-0.05, 0) is 33.0 Å². The van der Waals surface area contributed by atoms with E-state index >= 15 is 0 Å². The lowest BCUT2D eigenvalue weighted by Gasteiger charge is -2.23. The molecule has 3 nitrogen and oxygen atoms in total. The van der Waals surface area contributed by atoms with Gasteiger partial charge in [-0.3, -0.25) is 0 Å². The van der Waals surface area contributed by atoms with Gasteiger partial charge < -0.3 is 14.8 Å². The van der Waals surface area contributed by atoms with Crippen molar-refractivity contribution in [1.29, 1.82) is 0 Å². The first kappa shape index (κ1) is 15.3. The Kier molecular flexibility index (Phi) is 5.93. The number of hydrogen-bond acceptors (Lipinski definition) is 3. The summed E-state index contributed by atoms with van der Waals surface area (Å²) < 4.78 is 11.2. The number of hydrogen-bond donors (Lipinski definition) is 1. The quantitative estimate of drug-likeness (QED) is 0.826. The second-order valence-electron chi connectivity index (χ2n) is 4.81. The van der Waals surface area contributed by atoms with Crippen molar-refractivity contribution in [2.24, 2.45) is 0 Å². The number of methoxy groups -OCH3 is 1. The van der Waals surface area contributed by atoms with Crippen LogP contribution >= 0.6 is 11.6 Å². The number of rotatable bonds is 7. The summed E-state index contributed by atoms with van der Waals surface area (Å²) in [5.74, 6) is 0.837. The molecule has 0 aliphatic carbocycles. The smallest absolute Gasteiger partial charge is 0.125 e. The monoisotopic (exact) mass is 271 g/mol. The van der Waals surface area contributed by atoms with E-state index in [0.29, 0.717) is 13.2 Å². The topological polar surface area (TPSA) is 30.5 Å². The van der Waals surface area contributed by atoms with E-state index in [0.717, 1.165) is 22.8 Å². The Morgan fingerprint density at radius 2 is 2.06 bits per heavy atom. The molecule has 0 aliphatic heterocycles. The van der Waals surface area contributed by atoms with Gasteiger partial charge in [0.2, 0.25) is 0 Å². The molecule has 0 aliphatic rings. The summed E-state index contributed by atoms with van der Waals surface area (Å²) in [6, 6.07) is 5.72. The van der Waals surface area contributed by atoms with E-state index in [4.69, 9.17) is 21.1 Å². The third-order valence-corrected chi connectivity index (χ3v) is 3.30. The van der Waals surface area contributed by atoms with Crippen molar-refractivity contribution in [3.8, 4) is 5.75 Å². The number of ether oxygens (including phenoxy) is 2. The molecule has 102 valence electrons. The van der Waals surface area contributed by atoms with E-state index in [1.165, 1.54) is 0 Å². The maximum absolute atomic E-state index is 6.16. The van der Waals surface area contributed by atoms with E-state index < -0.39 is 0 Å². The van der Waals surface area contributed by atoms with Crippen molar-refractivity contribution < 1.29 is 9.47 Å². The number of benzene rings is 1. The minimum absolute atomic E-state index is 0.165. The molecule has 0 amide bonds. The van der Waals surface area contributed by atoms with Gasteiger partial charge in [0.15, 0.2) is 0 Å². The molecule has 0 heterocycles. The molecular formula is C14H22ClNO2. The van der Waals surface area contributed by atoms with Gasteiger partial charge in [0, 0.05) is 30.7 Å². The molecule has 0 radical (unpaired) electrons. The Morgan fingerprint density at radius 1 is 1.33 bits per heavy atom. The first-order chi connectivity index (χ1) is 8.50.